The molecule has 0 saturated carbocycles. The summed E-state index contributed by atoms with van der Waals surface area (Å²) >= 11 is 0. The van der Waals surface area contributed by atoms with Gasteiger partial charge in [-0.15, -0.1) is 0 Å². The van der Waals surface area contributed by atoms with Crippen LogP contribution in [-0.2, 0) is 0 Å². The fourth-order valence-corrected chi connectivity index (χ4v) is 1.50. The van der Waals surface area contributed by atoms with Crippen LogP contribution in [0, 0.1) is 20.2 Å². The van der Waals surface area contributed by atoms with Gasteiger partial charge in [0.1, 0.15) is 6.33 Å². The molecule has 2 aromatic rings. The van der Waals surface area contributed by atoms with Crippen LogP contribution in [0.5, 0.6) is 0 Å². The minimum atomic E-state index is -0.723. The maximum atomic E-state index is 10.9. The second-order valence-electron chi connectivity index (χ2n) is 3.93. The van der Waals surface area contributed by atoms with Gasteiger partial charge in [-0.1, -0.05) is 0 Å². The van der Waals surface area contributed by atoms with Crippen LogP contribution in [0.15, 0.2) is 35.7 Å². The van der Waals surface area contributed by atoms with E-state index < -0.39 is 15.5 Å². The summed E-state index contributed by atoms with van der Waals surface area (Å²) in [6, 6.07) is 5.58. The molecule has 0 aliphatic carbocycles. The molecule has 112 valence electrons. The fraction of sp³-hybridized carbons (Fsp3) is 0. The number of nitrogens with one attached hydrogen (secondary N) is 1. The summed E-state index contributed by atoms with van der Waals surface area (Å²) in [6.45, 7) is 0. The van der Waals surface area contributed by atoms with Crippen molar-refractivity contribution >= 4 is 29.2 Å². The van der Waals surface area contributed by atoms with Gasteiger partial charge in [-0.2, -0.15) is 5.10 Å². The Bertz CT molecular complexity index is 745. The number of nitrogen functional groups attached to an aromatic ring is 1. The van der Waals surface area contributed by atoms with Crippen molar-refractivity contribution in [2.75, 3.05) is 11.2 Å². The third-order valence-electron chi connectivity index (χ3n) is 2.52. The molecule has 0 aliphatic heterocycles. The minimum absolute atomic E-state index is 0.0516. The number of hydrazone groups is 1. The predicted octanol–water partition coefficient (Wildman–Crippen LogP) is 1.32. The molecular formula is C11H9N7O4. The maximum Gasteiger partial charge on any atom is 0.354 e. The van der Waals surface area contributed by atoms with Crippen molar-refractivity contribution in [1.29, 1.82) is 0 Å². The predicted molar refractivity (Wildman–Crippen MR) is 77.4 cm³/mol. The van der Waals surface area contributed by atoms with Crippen LogP contribution in [0.4, 0.5) is 23.0 Å². The average Bonchev–Trinajstić information content (AvgIpc) is 2.47. The molecule has 11 nitrogen and oxygen atoms in total. The normalized spacial score (nSPS) is 10.5. The van der Waals surface area contributed by atoms with Gasteiger partial charge >= 0.3 is 5.69 Å². The van der Waals surface area contributed by atoms with Crippen molar-refractivity contribution < 1.29 is 9.85 Å². The number of rotatable bonds is 5. The molecule has 2 rings (SSSR count). The summed E-state index contributed by atoms with van der Waals surface area (Å²) in [5, 5.41) is 25.2. The van der Waals surface area contributed by atoms with Gasteiger partial charge in [-0.05, 0) is 17.7 Å². The first-order chi connectivity index (χ1) is 10.5. The number of aromatic nitrogens is 2. The lowest BCUT2D eigenvalue weighted by atomic mass is 10.2. The van der Waals surface area contributed by atoms with Crippen molar-refractivity contribution in [3.05, 3.63) is 56.4 Å². The Morgan fingerprint density at radius 3 is 2.41 bits per heavy atom. The fourth-order valence-electron chi connectivity index (χ4n) is 1.50. The highest BCUT2D eigenvalue weighted by Gasteiger charge is 2.20. The zero-order chi connectivity index (χ0) is 16.1. The molecule has 1 aromatic heterocycles. The number of non-ortho nitro benzene ring substituents is 1. The summed E-state index contributed by atoms with van der Waals surface area (Å²) in [5.74, 6) is -0.441. The monoisotopic (exact) mass is 303 g/mol. The molecule has 11 heteroatoms. The van der Waals surface area contributed by atoms with Crippen LogP contribution in [-0.4, -0.2) is 26.0 Å². The van der Waals surface area contributed by atoms with Crippen LogP contribution in [0.1, 0.15) is 5.56 Å². The highest BCUT2D eigenvalue weighted by atomic mass is 16.6. The molecule has 1 aromatic carbocycles. The Morgan fingerprint density at radius 2 is 1.82 bits per heavy atom. The van der Waals surface area contributed by atoms with Gasteiger partial charge in [0, 0.05) is 12.1 Å². The van der Waals surface area contributed by atoms with Crippen LogP contribution in [0.2, 0.25) is 0 Å². The molecule has 0 fully saturated rings. The largest absolute Gasteiger partial charge is 0.378 e. The highest BCUT2D eigenvalue weighted by molar-refractivity contribution is 5.81. The number of anilines is 2. The van der Waals surface area contributed by atoms with Crippen molar-refractivity contribution in [2.45, 2.75) is 0 Å². The number of hydrogen-bond acceptors (Lipinski definition) is 9. The first-order valence-corrected chi connectivity index (χ1v) is 5.77. The van der Waals surface area contributed by atoms with E-state index in [1.54, 1.807) is 0 Å². The van der Waals surface area contributed by atoms with E-state index in [4.69, 9.17) is 5.73 Å². The third kappa shape index (κ3) is 3.27. The lowest BCUT2D eigenvalue weighted by molar-refractivity contribution is -0.384. The van der Waals surface area contributed by atoms with Crippen molar-refractivity contribution in [2.24, 2.45) is 5.10 Å². The van der Waals surface area contributed by atoms with E-state index in [-0.39, 0.29) is 17.3 Å². The molecule has 0 unspecified atom stereocenters. The van der Waals surface area contributed by atoms with E-state index in [9.17, 15) is 20.2 Å². The van der Waals surface area contributed by atoms with Crippen LogP contribution in [0.3, 0.4) is 0 Å². The summed E-state index contributed by atoms with van der Waals surface area (Å²) in [5.41, 5.74) is 7.81. The number of hydrogen-bond donors (Lipinski definition) is 2. The van der Waals surface area contributed by atoms with E-state index in [2.05, 4.69) is 20.5 Å². The molecule has 3 N–H and O–H groups in total. The number of nitrogens with two attached hydrogens (primary N) is 1. The van der Waals surface area contributed by atoms with Gasteiger partial charge in [0.2, 0.25) is 11.6 Å². The molecule has 0 spiro atoms. The molecule has 0 aliphatic rings. The van der Waals surface area contributed by atoms with Gasteiger partial charge in [0.15, 0.2) is 0 Å². The van der Waals surface area contributed by atoms with Gasteiger partial charge in [0.25, 0.3) is 5.69 Å². The Hall–Kier alpha value is -3.63. The average molecular weight is 303 g/mol. The molecule has 22 heavy (non-hydrogen) atoms. The second-order valence-corrected chi connectivity index (χ2v) is 3.93. The van der Waals surface area contributed by atoms with Gasteiger partial charge in [-0.3, -0.25) is 25.7 Å². The standard InChI is InChI=1S/C11H9N7O4/c12-10-9(18(21)22)11(14-6-13-10)16-15-5-7-1-3-8(4-2-7)17(19)20/h1-6H,(H3,12,13,14,16)/b15-5-. The summed E-state index contributed by atoms with van der Waals surface area (Å²) in [4.78, 5) is 27.3. The van der Waals surface area contributed by atoms with E-state index in [1.165, 1.54) is 30.5 Å². The van der Waals surface area contributed by atoms with Crippen LogP contribution >= 0.6 is 0 Å². The van der Waals surface area contributed by atoms with E-state index in [1.807, 2.05) is 0 Å². The van der Waals surface area contributed by atoms with Crippen LogP contribution < -0.4 is 11.2 Å². The lowest BCUT2D eigenvalue weighted by Gasteiger charge is -2.01. The number of nitrogens with zero attached hydrogens (tertiary/aromatic N) is 5. The second kappa shape index (κ2) is 6.21. The number of nitro benzene ring substituents is 1. The molecule has 0 saturated heterocycles. The lowest BCUT2D eigenvalue weighted by Crippen LogP contribution is -2.04. The Morgan fingerprint density at radius 1 is 1.14 bits per heavy atom. The van der Waals surface area contributed by atoms with Gasteiger partial charge in [-0.25, -0.2) is 9.97 Å². The maximum absolute atomic E-state index is 10.9. The van der Waals surface area contributed by atoms with E-state index in [0.29, 0.717) is 5.56 Å². The summed E-state index contributed by atoms with van der Waals surface area (Å²) < 4.78 is 0. The highest BCUT2D eigenvalue weighted by Crippen LogP contribution is 2.26. The van der Waals surface area contributed by atoms with Crippen LogP contribution in [0.25, 0.3) is 0 Å². The topological polar surface area (TPSA) is 162 Å². The van der Waals surface area contributed by atoms with E-state index >= 15 is 0 Å². The molecule has 0 radical (unpaired) electrons. The molecule has 1 heterocycles. The first kappa shape index (κ1) is 14.8. The Labute approximate surface area is 122 Å². The zero-order valence-corrected chi connectivity index (χ0v) is 10.9. The quantitative estimate of drug-likeness (QED) is 0.474. The first-order valence-electron chi connectivity index (χ1n) is 5.77. The Balaban J connectivity index is 2.14. The van der Waals surface area contributed by atoms with Gasteiger partial charge in [0.05, 0.1) is 16.1 Å². The molecule has 0 amide bonds. The molecule has 0 bridgehead atoms. The van der Waals surface area contributed by atoms with Gasteiger partial charge < -0.3 is 5.73 Å². The van der Waals surface area contributed by atoms with Crippen molar-refractivity contribution in [3.63, 3.8) is 0 Å². The minimum Gasteiger partial charge on any atom is -0.378 e. The number of benzene rings is 1. The number of nitro groups is 2. The zero-order valence-electron chi connectivity index (χ0n) is 10.9. The SMILES string of the molecule is Nc1ncnc(N/N=C\c2ccc([N+](=O)[O-])cc2)c1[N+](=O)[O-]. The Kier molecular flexibility index (Phi) is 4.17. The van der Waals surface area contributed by atoms with Crippen molar-refractivity contribution in [3.8, 4) is 0 Å². The summed E-state index contributed by atoms with van der Waals surface area (Å²) in [6.07, 6.45) is 2.39. The smallest absolute Gasteiger partial charge is 0.354 e. The molecule has 0 atom stereocenters. The van der Waals surface area contributed by atoms with Crippen molar-refractivity contribution in [1.82, 2.24) is 9.97 Å². The molecular weight excluding hydrogens is 294 g/mol. The summed E-state index contributed by atoms with van der Waals surface area (Å²) in [7, 11) is 0. The third-order valence-corrected chi connectivity index (χ3v) is 2.52. The van der Waals surface area contributed by atoms with E-state index in [0.717, 1.165) is 6.33 Å².